The Balaban J connectivity index is 1.78. The quantitative estimate of drug-likeness (QED) is 0.889. The lowest BCUT2D eigenvalue weighted by molar-refractivity contribution is 0.000548. The van der Waals surface area contributed by atoms with Gasteiger partial charge in [0.15, 0.2) is 0 Å². The van der Waals surface area contributed by atoms with Crippen molar-refractivity contribution in [3.63, 3.8) is 0 Å². The lowest BCUT2D eigenvalue weighted by Gasteiger charge is -2.38. The van der Waals surface area contributed by atoms with Crippen LogP contribution in [0.1, 0.15) is 37.7 Å². The van der Waals surface area contributed by atoms with Crippen LogP contribution in [-0.2, 0) is 11.3 Å². The fourth-order valence-electron chi connectivity index (χ4n) is 3.16. The summed E-state index contributed by atoms with van der Waals surface area (Å²) in [6.45, 7) is 1.23. The molecule has 1 amide bonds. The molecule has 0 atom stereocenters. The molecule has 0 unspecified atom stereocenters. The molecule has 1 heterocycles. The van der Waals surface area contributed by atoms with Crippen LogP contribution in [0, 0.1) is 0 Å². The highest BCUT2D eigenvalue weighted by molar-refractivity contribution is 5.88. The molecule has 2 N–H and O–H groups in total. The molecule has 4 nitrogen and oxygen atoms in total. The van der Waals surface area contributed by atoms with Crippen LogP contribution in [0.15, 0.2) is 24.3 Å². The van der Waals surface area contributed by atoms with E-state index in [2.05, 4.69) is 0 Å². The monoisotopic (exact) mass is 260 g/mol. The molecule has 1 aromatic carbocycles. The van der Waals surface area contributed by atoms with Gasteiger partial charge in [0.2, 0.25) is 0 Å². The van der Waals surface area contributed by atoms with Crippen molar-refractivity contribution in [2.75, 3.05) is 11.4 Å². The number of hydrogen-bond donors (Lipinski definition) is 1. The van der Waals surface area contributed by atoms with Gasteiger partial charge in [0.1, 0.15) is 5.60 Å². The van der Waals surface area contributed by atoms with Crippen LogP contribution in [0.5, 0.6) is 0 Å². The molecule has 0 radical (unpaired) electrons. The Morgan fingerprint density at radius 3 is 2.74 bits per heavy atom. The highest BCUT2D eigenvalue weighted by Crippen LogP contribution is 2.40. The van der Waals surface area contributed by atoms with E-state index in [4.69, 9.17) is 10.5 Å². The molecular weight excluding hydrogens is 240 g/mol. The molecule has 102 valence electrons. The van der Waals surface area contributed by atoms with Crippen molar-refractivity contribution in [2.24, 2.45) is 5.73 Å². The summed E-state index contributed by atoms with van der Waals surface area (Å²) < 4.78 is 5.73. The molecule has 1 saturated carbocycles. The maximum Gasteiger partial charge on any atom is 0.414 e. The zero-order valence-corrected chi connectivity index (χ0v) is 11.1. The minimum atomic E-state index is -0.206. The van der Waals surface area contributed by atoms with Crippen LogP contribution < -0.4 is 10.6 Å². The van der Waals surface area contributed by atoms with Gasteiger partial charge in [0.25, 0.3) is 0 Å². The Kier molecular flexibility index (Phi) is 3.19. The average Bonchev–Trinajstić information content (AvgIpc) is 2.87. The van der Waals surface area contributed by atoms with E-state index in [1.807, 2.05) is 24.3 Å². The first-order valence-electron chi connectivity index (χ1n) is 7.02. The number of ether oxygens (including phenoxy) is 1. The molecule has 2 fully saturated rings. The first kappa shape index (κ1) is 12.5. The largest absolute Gasteiger partial charge is 0.442 e. The van der Waals surface area contributed by atoms with Crippen molar-refractivity contribution in [2.45, 2.75) is 44.2 Å². The van der Waals surface area contributed by atoms with Gasteiger partial charge in [0, 0.05) is 25.2 Å². The summed E-state index contributed by atoms with van der Waals surface area (Å²) in [5.41, 5.74) is 7.40. The molecule has 0 aromatic heterocycles. The minimum Gasteiger partial charge on any atom is -0.442 e. The normalized spacial score (nSPS) is 21.7. The highest BCUT2D eigenvalue weighted by Gasteiger charge is 2.42. The average molecular weight is 260 g/mol. The molecule has 19 heavy (non-hydrogen) atoms. The first-order chi connectivity index (χ1) is 9.22. The van der Waals surface area contributed by atoms with Gasteiger partial charge in [-0.3, -0.25) is 4.90 Å². The molecule has 4 heteroatoms. The Morgan fingerprint density at radius 2 is 2.05 bits per heavy atom. The topological polar surface area (TPSA) is 55.6 Å². The molecule has 1 aliphatic heterocycles. The van der Waals surface area contributed by atoms with Crippen molar-refractivity contribution in [3.8, 4) is 0 Å². The van der Waals surface area contributed by atoms with E-state index in [1.165, 1.54) is 12.8 Å². The standard InChI is InChI=1S/C15H20N2O2/c16-11-12-4-3-5-13(10-12)17-9-8-15(19-14(17)18)6-1-2-7-15/h3-5,10H,1-2,6-9,11,16H2. The van der Waals surface area contributed by atoms with Crippen molar-refractivity contribution < 1.29 is 9.53 Å². The second-order valence-electron chi connectivity index (χ2n) is 5.53. The van der Waals surface area contributed by atoms with Crippen LogP contribution in [-0.4, -0.2) is 18.2 Å². The SMILES string of the molecule is NCc1cccc(N2CCC3(CCCC3)OC2=O)c1. The van der Waals surface area contributed by atoms with Crippen molar-refractivity contribution in [3.05, 3.63) is 29.8 Å². The summed E-state index contributed by atoms with van der Waals surface area (Å²) >= 11 is 0. The summed E-state index contributed by atoms with van der Waals surface area (Å²) in [4.78, 5) is 14.0. The Hall–Kier alpha value is -1.55. The number of nitrogens with two attached hydrogens (primary N) is 1. The zero-order valence-electron chi connectivity index (χ0n) is 11.1. The van der Waals surface area contributed by atoms with Gasteiger partial charge in [-0.15, -0.1) is 0 Å². The molecule has 1 aliphatic carbocycles. The summed E-state index contributed by atoms with van der Waals surface area (Å²) in [5.74, 6) is 0. The lowest BCUT2D eigenvalue weighted by atomic mass is 9.96. The van der Waals surface area contributed by atoms with Gasteiger partial charge >= 0.3 is 6.09 Å². The smallest absolute Gasteiger partial charge is 0.414 e. The van der Waals surface area contributed by atoms with Crippen LogP contribution in [0.2, 0.25) is 0 Å². The van der Waals surface area contributed by atoms with Crippen molar-refractivity contribution in [1.82, 2.24) is 0 Å². The Morgan fingerprint density at radius 1 is 1.26 bits per heavy atom. The molecule has 3 rings (SSSR count). The Bertz CT molecular complexity index is 481. The predicted octanol–water partition coefficient (Wildman–Crippen LogP) is 2.80. The van der Waals surface area contributed by atoms with E-state index in [1.54, 1.807) is 4.90 Å². The first-order valence-corrected chi connectivity index (χ1v) is 7.02. The summed E-state index contributed by atoms with van der Waals surface area (Å²) in [6.07, 6.45) is 5.13. The third-order valence-electron chi connectivity index (χ3n) is 4.29. The lowest BCUT2D eigenvalue weighted by Crippen LogP contribution is -2.48. The van der Waals surface area contributed by atoms with Crippen molar-refractivity contribution >= 4 is 11.8 Å². The number of anilines is 1. The van der Waals surface area contributed by atoms with Crippen LogP contribution >= 0.6 is 0 Å². The van der Waals surface area contributed by atoms with Gasteiger partial charge in [-0.1, -0.05) is 12.1 Å². The number of carbonyl (C=O) groups excluding carboxylic acids is 1. The van der Waals surface area contributed by atoms with E-state index < -0.39 is 0 Å². The van der Waals surface area contributed by atoms with Gasteiger partial charge in [0.05, 0.1) is 0 Å². The van der Waals surface area contributed by atoms with E-state index in [0.717, 1.165) is 37.1 Å². The second kappa shape index (κ2) is 4.85. The van der Waals surface area contributed by atoms with E-state index in [0.29, 0.717) is 6.54 Å². The maximum atomic E-state index is 12.2. The highest BCUT2D eigenvalue weighted by atomic mass is 16.6. The summed E-state index contributed by atoms with van der Waals surface area (Å²) in [7, 11) is 0. The van der Waals surface area contributed by atoms with Crippen LogP contribution in [0.25, 0.3) is 0 Å². The third-order valence-corrected chi connectivity index (χ3v) is 4.29. The molecule has 1 aromatic rings. The Labute approximate surface area is 113 Å². The fraction of sp³-hybridized carbons (Fsp3) is 0.533. The van der Waals surface area contributed by atoms with E-state index in [9.17, 15) is 4.79 Å². The third kappa shape index (κ3) is 2.32. The van der Waals surface area contributed by atoms with Gasteiger partial charge in [-0.25, -0.2) is 4.79 Å². The summed E-state index contributed by atoms with van der Waals surface area (Å²) in [6, 6.07) is 7.81. The van der Waals surface area contributed by atoms with Crippen LogP contribution in [0.3, 0.4) is 0 Å². The fourth-order valence-corrected chi connectivity index (χ4v) is 3.16. The number of amides is 1. The van der Waals surface area contributed by atoms with Gasteiger partial charge in [-0.2, -0.15) is 0 Å². The summed E-state index contributed by atoms with van der Waals surface area (Å²) in [5, 5.41) is 0. The van der Waals surface area contributed by atoms with E-state index in [-0.39, 0.29) is 11.7 Å². The van der Waals surface area contributed by atoms with Gasteiger partial charge in [-0.05, 0) is 43.4 Å². The molecule has 2 aliphatic rings. The zero-order chi connectivity index (χ0) is 13.3. The number of carbonyl (C=O) groups is 1. The second-order valence-corrected chi connectivity index (χ2v) is 5.53. The minimum absolute atomic E-state index is 0.168. The molecule has 0 bridgehead atoms. The van der Waals surface area contributed by atoms with Crippen LogP contribution in [0.4, 0.5) is 10.5 Å². The van der Waals surface area contributed by atoms with Crippen molar-refractivity contribution in [1.29, 1.82) is 0 Å². The number of hydrogen-bond acceptors (Lipinski definition) is 3. The molecule has 1 spiro atoms. The predicted molar refractivity (Wildman–Crippen MR) is 74.0 cm³/mol. The number of rotatable bonds is 2. The van der Waals surface area contributed by atoms with E-state index >= 15 is 0 Å². The number of benzene rings is 1. The molecule has 1 saturated heterocycles. The molecular formula is C15H20N2O2. The number of nitrogens with zero attached hydrogens (tertiary/aromatic N) is 1. The maximum absolute atomic E-state index is 12.2. The van der Waals surface area contributed by atoms with Gasteiger partial charge < -0.3 is 10.5 Å².